The van der Waals surface area contributed by atoms with E-state index in [4.69, 9.17) is 8.74 Å². The number of anilines is 1. The van der Waals surface area contributed by atoms with Crippen LogP contribution in [0.1, 0.15) is 58.2 Å². The van der Waals surface area contributed by atoms with Crippen LogP contribution in [0.4, 0.5) is 11.4 Å². The van der Waals surface area contributed by atoms with Crippen LogP contribution in [0.15, 0.2) is 60.3 Å². The first-order valence-corrected chi connectivity index (χ1v) is 12.9. The molecule has 4 rings (SSSR count). The molecular weight excluding hydrogens is 444 g/mol. The van der Waals surface area contributed by atoms with Gasteiger partial charge < -0.3 is 9.08 Å². The second kappa shape index (κ2) is 8.82. The average molecular weight is 480 g/mol. The maximum absolute atomic E-state index is 11.1. The van der Waals surface area contributed by atoms with E-state index in [2.05, 4.69) is 94.4 Å². The van der Waals surface area contributed by atoms with Crippen molar-refractivity contribution < 1.29 is 17.5 Å². The van der Waals surface area contributed by atoms with Gasteiger partial charge in [-0.3, -0.25) is 4.55 Å². The minimum atomic E-state index is -2.34. The molecule has 2 aliphatic heterocycles. The number of benzene rings is 2. The molecule has 2 heterocycles. The van der Waals surface area contributed by atoms with Crippen molar-refractivity contribution in [2.45, 2.75) is 59.3 Å². The van der Waals surface area contributed by atoms with Crippen LogP contribution in [-0.2, 0) is 22.2 Å². The van der Waals surface area contributed by atoms with Gasteiger partial charge in [-0.2, -0.15) is 8.78 Å². The fraction of sp³-hybridized carbons (Fsp3) is 0.393. The highest BCUT2D eigenvalue weighted by Gasteiger charge is 2.44. The molecule has 180 valence electrons. The highest BCUT2D eigenvalue weighted by atomic mass is 32.2. The predicted octanol–water partition coefficient (Wildman–Crippen LogP) is 6.16. The van der Waals surface area contributed by atoms with Gasteiger partial charge in [-0.05, 0) is 64.5 Å². The van der Waals surface area contributed by atoms with Crippen molar-refractivity contribution in [3.63, 3.8) is 0 Å². The third-order valence-corrected chi connectivity index (χ3v) is 7.55. The molecule has 1 N–H and O–H groups in total. The zero-order valence-corrected chi connectivity index (χ0v) is 22.0. The van der Waals surface area contributed by atoms with Gasteiger partial charge in [-0.1, -0.05) is 37.6 Å². The number of hydrogen-bond donors (Lipinski definition) is 1. The SMILES string of the molecule is CCN1C(=CC=CC2=[N+](CC)c3ccc(OS(=O)O)cc3C2(C)C)C(C)(C)c2cc(C)ccc21. The third-order valence-electron chi connectivity index (χ3n) is 7.22. The van der Waals surface area contributed by atoms with Crippen molar-refractivity contribution in [2.75, 3.05) is 18.0 Å². The molecule has 0 bridgehead atoms. The monoisotopic (exact) mass is 479 g/mol. The van der Waals surface area contributed by atoms with Crippen molar-refractivity contribution in [3.8, 4) is 5.75 Å². The number of aryl methyl sites for hydroxylation is 1. The molecule has 34 heavy (non-hydrogen) atoms. The molecule has 2 aromatic carbocycles. The fourth-order valence-corrected chi connectivity index (χ4v) is 5.76. The molecule has 0 fully saturated rings. The lowest BCUT2D eigenvalue weighted by Gasteiger charge is -2.25. The minimum absolute atomic E-state index is 0.0723. The van der Waals surface area contributed by atoms with Gasteiger partial charge in [0.15, 0.2) is 5.71 Å². The van der Waals surface area contributed by atoms with Gasteiger partial charge >= 0.3 is 11.4 Å². The molecule has 0 radical (unpaired) electrons. The average Bonchev–Trinajstić information content (AvgIpc) is 3.11. The lowest BCUT2D eigenvalue weighted by Crippen LogP contribution is -2.28. The Balaban J connectivity index is 1.72. The van der Waals surface area contributed by atoms with Crippen molar-refractivity contribution >= 4 is 28.4 Å². The van der Waals surface area contributed by atoms with Crippen LogP contribution in [0.25, 0.3) is 0 Å². The summed E-state index contributed by atoms with van der Waals surface area (Å²) in [6.07, 6.45) is 6.63. The predicted molar refractivity (Wildman–Crippen MR) is 141 cm³/mol. The van der Waals surface area contributed by atoms with Gasteiger partial charge in [0.1, 0.15) is 12.3 Å². The summed E-state index contributed by atoms with van der Waals surface area (Å²) in [4.78, 5) is 2.41. The van der Waals surface area contributed by atoms with Crippen LogP contribution in [0, 0.1) is 6.92 Å². The van der Waals surface area contributed by atoms with Crippen molar-refractivity contribution in [3.05, 3.63) is 77.0 Å². The zero-order chi connectivity index (χ0) is 24.8. The molecule has 1 unspecified atom stereocenters. The molecule has 0 amide bonds. The smallest absolute Gasteiger partial charge is 0.357 e. The number of allylic oxidation sites excluding steroid dienone is 4. The van der Waals surface area contributed by atoms with Crippen molar-refractivity contribution in [2.24, 2.45) is 0 Å². The summed E-state index contributed by atoms with van der Waals surface area (Å²) in [5.41, 5.74) is 8.29. The quantitative estimate of drug-likeness (QED) is 0.398. The van der Waals surface area contributed by atoms with E-state index >= 15 is 0 Å². The summed E-state index contributed by atoms with van der Waals surface area (Å²) in [5, 5.41) is 0. The van der Waals surface area contributed by atoms with E-state index in [1.54, 1.807) is 6.07 Å². The Kier molecular flexibility index (Phi) is 6.34. The van der Waals surface area contributed by atoms with E-state index in [1.807, 2.05) is 12.1 Å². The number of likely N-dealkylation sites (N-methyl/N-ethyl adjacent to an activating group) is 1. The topological polar surface area (TPSA) is 52.8 Å². The molecule has 0 spiro atoms. The van der Waals surface area contributed by atoms with Gasteiger partial charge in [-0.15, -0.1) is 0 Å². The second-order valence-electron chi connectivity index (χ2n) is 10.0. The molecule has 0 aromatic heterocycles. The molecule has 0 saturated heterocycles. The Hall–Kier alpha value is -2.70. The first-order valence-electron chi connectivity index (χ1n) is 11.9. The van der Waals surface area contributed by atoms with Crippen molar-refractivity contribution in [1.29, 1.82) is 0 Å². The maximum atomic E-state index is 11.1. The first-order chi connectivity index (χ1) is 16.0. The molecular formula is C28H35N2O3S+. The van der Waals surface area contributed by atoms with Crippen LogP contribution < -0.4 is 9.08 Å². The lowest BCUT2D eigenvalue weighted by molar-refractivity contribution is -0.433. The van der Waals surface area contributed by atoms with E-state index in [-0.39, 0.29) is 10.8 Å². The maximum Gasteiger partial charge on any atom is 0.357 e. The summed E-state index contributed by atoms with van der Waals surface area (Å²) in [7, 11) is 0. The Bertz CT molecular complexity index is 1250. The van der Waals surface area contributed by atoms with E-state index < -0.39 is 11.4 Å². The zero-order valence-electron chi connectivity index (χ0n) is 21.2. The van der Waals surface area contributed by atoms with Crippen LogP contribution in [0.3, 0.4) is 0 Å². The molecule has 5 nitrogen and oxygen atoms in total. The number of rotatable bonds is 6. The van der Waals surface area contributed by atoms with Gasteiger partial charge in [-0.25, -0.2) is 0 Å². The van der Waals surface area contributed by atoms with Gasteiger partial charge in [0, 0.05) is 41.1 Å². The van der Waals surface area contributed by atoms with E-state index in [9.17, 15) is 4.21 Å². The van der Waals surface area contributed by atoms with Gasteiger partial charge in [0.05, 0.1) is 5.41 Å². The Labute approximate surface area is 206 Å². The second-order valence-corrected chi connectivity index (χ2v) is 10.6. The molecule has 2 aromatic rings. The van der Waals surface area contributed by atoms with Crippen LogP contribution in [-0.4, -0.2) is 32.1 Å². The minimum Gasteiger partial charge on any atom is -0.380 e. The van der Waals surface area contributed by atoms with E-state index in [0.717, 1.165) is 24.3 Å². The van der Waals surface area contributed by atoms with Crippen LogP contribution in [0.5, 0.6) is 5.75 Å². The largest absolute Gasteiger partial charge is 0.380 e. The number of hydrogen-bond acceptors (Lipinski definition) is 3. The van der Waals surface area contributed by atoms with E-state index in [0.29, 0.717) is 5.75 Å². The number of fused-ring (bicyclic) bond motifs is 2. The fourth-order valence-electron chi connectivity index (χ4n) is 5.49. The Morgan fingerprint density at radius 1 is 1.06 bits per heavy atom. The third kappa shape index (κ3) is 3.93. The van der Waals surface area contributed by atoms with Gasteiger partial charge in [0.25, 0.3) is 0 Å². The van der Waals surface area contributed by atoms with Crippen molar-refractivity contribution in [1.82, 2.24) is 0 Å². The summed E-state index contributed by atoms with van der Waals surface area (Å²) >= 11 is -2.34. The summed E-state index contributed by atoms with van der Waals surface area (Å²) in [6, 6.07) is 12.3. The summed E-state index contributed by atoms with van der Waals surface area (Å²) in [6.45, 7) is 17.2. The van der Waals surface area contributed by atoms with Gasteiger partial charge in [0.2, 0.25) is 5.69 Å². The lowest BCUT2D eigenvalue weighted by atomic mass is 9.81. The molecule has 0 aliphatic carbocycles. The molecule has 0 saturated carbocycles. The Morgan fingerprint density at radius 3 is 2.44 bits per heavy atom. The first kappa shape index (κ1) is 24.4. The van der Waals surface area contributed by atoms with Crippen LogP contribution >= 0.6 is 0 Å². The standard InChI is InChI=1S/C28H34N2O3S/c1-8-29-23-15-13-19(3)17-21(23)27(4,5)25(29)11-10-12-26-28(6,7)22-18-20(33-34(31)32)14-16-24(22)30(26)9-2/h10-18H,8-9H2,1-7H3/p+1. The highest BCUT2D eigenvalue weighted by Crippen LogP contribution is 2.48. The molecule has 1 atom stereocenters. The highest BCUT2D eigenvalue weighted by molar-refractivity contribution is 7.74. The number of nitrogens with zero attached hydrogens (tertiary/aromatic N) is 2. The Morgan fingerprint density at radius 2 is 1.79 bits per heavy atom. The summed E-state index contributed by atoms with van der Waals surface area (Å²) in [5.74, 6) is 0.399. The van der Waals surface area contributed by atoms with Crippen LogP contribution in [0.2, 0.25) is 0 Å². The molecule has 2 aliphatic rings. The normalized spacial score (nSPS) is 20.2. The van der Waals surface area contributed by atoms with E-state index in [1.165, 1.54) is 28.2 Å². The summed E-state index contributed by atoms with van der Waals surface area (Å²) < 4.78 is 27.6. The molecule has 6 heteroatoms.